The molecule has 0 bridgehead atoms. The van der Waals surface area contributed by atoms with E-state index in [0.717, 1.165) is 27.4 Å². The number of carbonyl (C=O) groups is 2. The number of benzene rings is 2. The number of thioether (sulfide) groups is 1. The Labute approximate surface area is 174 Å². The number of amides is 2. The first-order valence-electron chi connectivity index (χ1n) is 9.41. The maximum absolute atomic E-state index is 12.7. The van der Waals surface area contributed by atoms with Crippen LogP contribution in [-0.2, 0) is 17.9 Å². The van der Waals surface area contributed by atoms with Crippen molar-refractivity contribution in [1.82, 2.24) is 10.3 Å². The van der Waals surface area contributed by atoms with E-state index in [4.69, 9.17) is 0 Å². The fourth-order valence-electron chi connectivity index (χ4n) is 3.25. The Morgan fingerprint density at radius 3 is 2.76 bits per heavy atom. The van der Waals surface area contributed by atoms with Crippen molar-refractivity contribution in [3.8, 4) is 0 Å². The molecule has 0 saturated carbocycles. The fraction of sp³-hybridized carbons (Fsp3) is 0.174. The van der Waals surface area contributed by atoms with E-state index in [1.54, 1.807) is 17.2 Å². The Bertz CT molecular complexity index is 1050. The summed E-state index contributed by atoms with van der Waals surface area (Å²) in [5, 5.41) is 2.90. The normalized spacial score (nSPS) is 13.1. The zero-order chi connectivity index (χ0) is 20.2. The summed E-state index contributed by atoms with van der Waals surface area (Å²) in [5.41, 5.74) is 4.36. The molecule has 6 heteroatoms. The van der Waals surface area contributed by atoms with Crippen LogP contribution in [0.3, 0.4) is 0 Å². The minimum atomic E-state index is -0.183. The first-order valence-corrected chi connectivity index (χ1v) is 10.4. The number of aryl methyl sites for hydroxylation is 1. The van der Waals surface area contributed by atoms with Crippen molar-refractivity contribution >= 4 is 29.3 Å². The summed E-state index contributed by atoms with van der Waals surface area (Å²) in [4.78, 5) is 32.3. The SMILES string of the molecule is Cc1ccccc1CN1C(=O)CSc2ccc(C(=O)NCc3ccccn3)cc21. The molecule has 1 aliphatic rings. The van der Waals surface area contributed by atoms with Crippen LogP contribution in [-0.4, -0.2) is 22.6 Å². The van der Waals surface area contributed by atoms with Crippen molar-refractivity contribution in [1.29, 1.82) is 0 Å². The standard InChI is InChI=1S/C23H21N3O2S/c1-16-6-2-3-7-18(16)14-26-20-12-17(9-10-21(20)29-15-22(26)27)23(28)25-13-19-8-4-5-11-24-19/h2-12H,13-15H2,1H3,(H,25,28). The largest absolute Gasteiger partial charge is 0.346 e. The van der Waals surface area contributed by atoms with Crippen molar-refractivity contribution in [2.24, 2.45) is 0 Å². The third-order valence-corrected chi connectivity index (χ3v) is 5.96. The molecule has 5 nitrogen and oxygen atoms in total. The summed E-state index contributed by atoms with van der Waals surface area (Å²) in [7, 11) is 0. The molecule has 0 atom stereocenters. The number of nitrogens with one attached hydrogen (secondary N) is 1. The summed E-state index contributed by atoms with van der Waals surface area (Å²) in [6.07, 6.45) is 1.70. The molecule has 1 aliphatic heterocycles. The van der Waals surface area contributed by atoms with Crippen LogP contribution in [0.5, 0.6) is 0 Å². The molecule has 1 aromatic heterocycles. The molecule has 0 fully saturated rings. The highest BCUT2D eigenvalue weighted by molar-refractivity contribution is 8.00. The second-order valence-corrected chi connectivity index (χ2v) is 7.90. The molecule has 0 unspecified atom stereocenters. The van der Waals surface area contributed by atoms with E-state index in [-0.39, 0.29) is 11.8 Å². The highest BCUT2D eigenvalue weighted by Gasteiger charge is 2.26. The van der Waals surface area contributed by atoms with Gasteiger partial charge >= 0.3 is 0 Å². The van der Waals surface area contributed by atoms with Gasteiger partial charge in [0.1, 0.15) is 0 Å². The van der Waals surface area contributed by atoms with Crippen molar-refractivity contribution < 1.29 is 9.59 Å². The number of carbonyl (C=O) groups excluding carboxylic acids is 2. The van der Waals surface area contributed by atoms with Gasteiger partial charge in [-0.25, -0.2) is 0 Å². The average Bonchev–Trinajstić information content (AvgIpc) is 2.75. The van der Waals surface area contributed by atoms with Gasteiger partial charge < -0.3 is 10.2 Å². The quantitative estimate of drug-likeness (QED) is 0.700. The topological polar surface area (TPSA) is 62.3 Å². The number of hydrogen-bond acceptors (Lipinski definition) is 4. The summed E-state index contributed by atoms with van der Waals surface area (Å²) in [6, 6.07) is 19.2. The van der Waals surface area contributed by atoms with E-state index in [9.17, 15) is 9.59 Å². The first-order chi connectivity index (χ1) is 14.1. The van der Waals surface area contributed by atoms with Crippen LogP contribution >= 0.6 is 11.8 Å². The van der Waals surface area contributed by atoms with Crippen molar-refractivity contribution in [3.63, 3.8) is 0 Å². The summed E-state index contributed by atoms with van der Waals surface area (Å²) in [5.74, 6) is 0.276. The van der Waals surface area contributed by atoms with Crippen LogP contribution in [0.15, 0.2) is 71.8 Å². The number of hydrogen-bond donors (Lipinski definition) is 1. The van der Waals surface area contributed by atoms with Gasteiger partial charge in [0.2, 0.25) is 5.91 Å². The van der Waals surface area contributed by atoms with Crippen LogP contribution < -0.4 is 10.2 Å². The molecule has 0 aliphatic carbocycles. The molecular formula is C23H21N3O2S. The number of fused-ring (bicyclic) bond motifs is 1. The highest BCUT2D eigenvalue weighted by atomic mass is 32.2. The lowest BCUT2D eigenvalue weighted by molar-refractivity contribution is -0.116. The third-order valence-electron chi connectivity index (χ3n) is 4.91. The Morgan fingerprint density at radius 2 is 1.97 bits per heavy atom. The van der Waals surface area contributed by atoms with Crippen molar-refractivity contribution in [2.75, 3.05) is 10.7 Å². The molecule has 29 heavy (non-hydrogen) atoms. The molecule has 0 saturated heterocycles. The van der Waals surface area contributed by atoms with E-state index in [2.05, 4.69) is 10.3 Å². The monoisotopic (exact) mass is 403 g/mol. The summed E-state index contributed by atoms with van der Waals surface area (Å²) >= 11 is 1.51. The lowest BCUT2D eigenvalue weighted by Gasteiger charge is -2.30. The Hall–Kier alpha value is -3.12. The molecule has 0 spiro atoms. The number of rotatable bonds is 5. The lowest BCUT2D eigenvalue weighted by atomic mass is 10.1. The van der Waals surface area contributed by atoms with Crippen LogP contribution in [0.2, 0.25) is 0 Å². The zero-order valence-corrected chi connectivity index (χ0v) is 16.9. The number of anilines is 1. The van der Waals surface area contributed by atoms with E-state index in [1.807, 2.05) is 61.5 Å². The molecule has 2 amide bonds. The van der Waals surface area contributed by atoms with Gasteiger partial charge in [-0.1, -0.05) is 30.3 Å². The first kappa shape index (κ1) is 19.2. The zero-order valence-electron chi connectivity index (χ0n) is 16.1. The highest BCUT2D eigenvalue weighted by Crippen LogP contribution is 2.37. The van der Waals surface area contributed by atoms with E-state index in [1.165, 1.54) is 11.8 Å². The molecule has 2 heterocycles. The van der Waals surface area contributed by atoms with E-state index >= 15 is 0 Å². The minimum absolute atomic E-state index is 0.0526. The summed E-state index contributed by atoms with van der Waals surface area (Å²) < 4.78 is 0. The van der Waals surface area contributed by atoms with Crippen molar-refractivity contribution in [3.05, 3.63) is 89.2 Å². The second-order valence-electron chi connectivity index (χ2n) is 6.88. The summed E-state index contributed by atoms with van der Waals surface area (Å²) in [6.45, 7) is 2.90. The smallest absolute Gasteiger partial charge is 0.251 e. The molecule has 3 aromatic rings. The molecule has 1 N–H and O–H groups in total. The Balaban J connectivity index is 1.57. The molecule has 146 valence electrons. The van der Waals surface area contributed by atoms with Gasteiger partial charge in [0.25, 0.3) is 5.91 Å². The predicted octanol–water partition coefficient (Wildman–Crippen LogP) is 3.96. The Kier molecular flexibility index (Phi) is 5.62. The van der Waals surface area contributed by atoms with Gasteiger partial charge in [-0.3, -0.25) is 14.6 Å². The predicted molar refractivity (Wildman–Crippen MR) is 115 cm³/mol. The van der Waals surface area contributed by atoms with Gasteiger partial charge in [-0.2, -0.15) is 0 Å². The number of aromatic nitrogens is 1. The maximum atomic E-state index is 12.7. The van der Waals surface area contributed by atoms with Gasteiger partial charge in [0, 0.05) is 16.7 Å². The maximum Gasteiger partial charge on any atom is 0.251 e. The number of nitrogens with zero attached hydrogens (tertiary/aromatic N) is 2. The van der Waals surface area contributed by atoms with Gasteiger partial charge in [0.15, 0.2) is 0 Å². The number of pyridine rings is 1. The second kappa shape index (κ2) is 8.49. The van der Waals surface area contributed by atoms with Crippen LogP contribution in [0.4, 0.5) is 5.69 Å². The average molecular weight is 404 g/mol. The van der Waals surface area contributed by atoms with Gasteiger partial charge in [-0.15, -0.1) is 11.8 Å². The van der Waals surface area contributed by atoms with Crippen molar-refractivity contribution in [2.45, 2.75) is 24.9 Å². The minimum Gasteiger partial charge on any atom is -0.346 e. The molecule has 0 radical (unpaired) electrons. The molecular weight excluding hydrogens is 382 g/mol. The molecule has 2 aromatic carbocycles. The van der Waals surface area contributed by atoms with Crippen LogP contribution in [0.25, 0.3) is 0 Å². The van der Waals surface area contributed by atoms with E-state index in [0.29, 0.717) is 24.4 Å². The van der Waals surface area contributed by atoms with E-state index < -0.39 is 0 Å². The van der Waals surface area contributed by atoms with Crippen LogP contribution in [0.1, 0.15) is 27.2 Å². The third kappa shape index (κ3) is 4.32. The lowest BCUT2D eigenvalue weighted by Crippen LogP contribution is -2.35. The van der Waals surface area contributed by atoms with Crippen LogP contribution in [0, 0.1) is 6.92 Å². The van der Waals surface area contributed by atoms with Gasteiger partial charge in [-0.05, 0) is 48.4 Å². The Morgan fingerprint density at radius 1 is 1.14 bits per heavy atom. The molecule has 4 rings (SSSR count). The fourth-order valence-corrected chi connectivity index (χ4v) is 4.17. The van der Waals surface area contributed by atoms with Gasteiger partial charge in [0.05, 0.1) is 30.2 Å².